The normalized spacial score (nSPS) is 14.5. The Morgan fingerprint density at radius 2 is 1.44 bits per heavy atom. The van der Waals surface area contributed by atoms with Gasteiger partial charge in [-0.2, -0.15) is 11.8 Å². The number of hydrogen-bond acceptors (Lipinski definition) is 9. The summed E-state index contributed by atoms with van der Waals surface area (Å²) in [5.74, 6) is -4.64. The van der Waals surface area contributed by atoms with E-state index in [4.69, 9.17) is 16.6 Å². The third kappa shape index (κ3) is 11.8. The van der Waals surface area contributed by atoms with E-state index in [0.29, 0.717) is 25.1 Å². The molecule has 0 aromatic heterocycles. The molecule has 0 aliphatic carbocycles. The lowest BCUT2D eigenvalue weighted by Crippen LogP contribution is -2.58. The Labute approximate surface area is 190 Å². The number of carbonyl (C=O) groups is 5. The molecular formula is C18H33N5O8S. The Kier molecular flexibility index (Phi) is 15.0. The van der Waals surface area contributed by atoms with E-state index in [1.807, 2.05) is 0 Å². The van der Waals surface area contributed by atoms with Crippen LogP contribution in [-0.2, 0) is 24.0 Å². The number of amides is 3. The molecule has 0 heterocycles. The van der Waals surface area contributed by atoms with Crippen molar-refractivity contribution in [3.05, 3.63) is 0 Å². The highest BCUT2D eigenvalue weighted by atomic mass is 32.2. The Hall–Kier alpha value is -2.42. The number of nitrogens with one attached hydrogen (secondary N) is 3. The maximum Gasteiger partial charge on any atom is 0.326 e. The van der Waals surface area contributed by atoms with Crippen molar-refractivity contribution in [3.63, 3.8) is 0 Å². The highest BCUT2D eigenvalue weighted by Crippen LogP contribution is 2.06. The van der Waals surface area contributed by atoms with Gasteiger partial charge < -0.3 is 42.7 Å². The fourth-order valence-electron chi connectivity index (χ4n) is 2.55. The maximum absolute atomic E-state index is 12.7. The van der Waals surface area contributed by atoms with Crippen molar-refractivity contribution < 1.29 is 39.3 Å². The van der Waals surface area contributed by atoms with Gasteiger partial charge >= 0.3 is 11.9 Å². The SMILES string of the molecule is CSCCC(NC(=O)C(CCCCN)NC(=O)C(CO)NC(=O)C(N)CC(=O)O)C(=O)O. The monoisotopic (exact) mass is 479 g/mol. The minimum Gasteiger partial charge on any atom is -0.481 e. The summed E-state index contributed by atoms with van der Waals surface area (Å²) in [5.41, 5.74) is 10.9. The van der Waals surface area contributed by atoms with Crippen LogP contribution in [0.1, 0.15) is 32.1 Å². The fraction of sp³-hybridized carbons (Fsp3) is 0.722. The van der Waals surface area contributed by atoms with E-state index in [1.165, 1.54) is 11.8 Å². The third-order valence-corrected chi connectivity index (χ3v) is 5.00. The topological polar surface area (TPSA) is 234 Å². The van der Waals surface area contributed by atoms with Crippen molar-refractivity contribution in [2.75, 3.05) is 25.2 Å². The first kappa shape index (κ1) is 29.6. The van der Waals surface area contributed by atoms with E-state index in [1.54, 1.807) is 6.26 Å². The number of thioether (sulfide) groups is 1. The number of carboxylic acids is 2. The summed E-state index contributed by atoms with van der Waals surface area (Å²) < 4.78 is 0. The number of aliphatic carboxylic acids is 2. The van der Waals surface area contributed by atoms with Gasteiger partial charge in [0.05, 0.1) is 19.1 Å². The molecule has 4 atom stereocenters. The van der Waals surface area contributed by atoms with Crippen LogP contribution < -0.4 is 27.4 Å². The predicted octanol–water partition coefficient (Wildman–Crippen LogP) is -2.80. The second kappa shape index (κ2) is 16.2. The maximum atomic E-state index is 12.7. The molecule has 0 aliphatic heterocycles. The third-order valence-electron chi connectivity index (χ3n) is 4.35. The number of rotatable bonds is 17. The van der Waals surface area contributed by atoms with Gasteiger partial charge in [-0.15, -0.1) is 0 Å². The first-order chi connectivity index (χ1) is 15.1. The number of unbranched alkanes of at least 4 members (excludes halogenated alkanes) is 1. The summed E-state index contributed by atoms with van der Waals surface area (Å²) in [4.78, 5) is 59.2. The quantitative estimate of drug-likeness (QED) is 0.0992. The zero-order valence-electron chi connectivity index (χ0n) is 17.9. The molecule has 32 heavy (non-hydrogen) atoms. The summed E-state index contributed by atoms with van der Waals surface area (Å²) >= 11 is 1.42. The fourth-order valence-corrected chi connectivity index (χ4v) is 3.02. The van der Waals surface area contributed by atoms with Crippen LogP contribution in [0.4, 0.5) is 0 Å². The van der Waals surface area contributed by atoms with Crippen LogP contribution in [0.15, 0.2) is 0 Å². The van der Waals surface area contributed by atoms with Crippen LogP contribution in [0.25, 0.3) is 0 Å². The largest absolute Gasteiger partial charge is 0.481 e. The van der Waals surface area contributed by atoms with E-state index in [2.05, 4.69) is 16.0 Å². The summed E-state index contributed by atoms with van der Waals surface area (Å²) in [5, 5.41) is 34.4. The molecule has 13 nitrogen and oxygen atoms in total. The van der Waals surface area contributed by atoms with E-state index >= 15 is 0 Å². The number of hydrogen-bond donors (Lipinski definition) is 8. The van der Waals surface area contributed by atoms with Crippen molar-refractivity contribution in [1.29, 1.82) is 0 Å². The van der Waals surface area contributed by atoms with Gasteiger partial charge in [0.1, 0.15) is 18.1 Å². The van der Waals surface area contributed by atoms with Gasteiger partial charge in [-0.1, -0.05) is 0 Å². The number of aliphatic hydroxyl groups is 1. The molecule has 0 saturated heterocycles. The van der Waals surface area contributed by atoms with Crippen LogP contribution in [-0.4, -0.2) is 94.3 Å². The number of aliphatic hydroxyl groups excluding tert-OH is 1. The first-order valence-corrected chi connectivity index (χ1v) is 11.4. The molecule has 0 aromatic carbocycles. The molecule has 10 N–H and O–H groups in total. The van der Waals surface area contributed by atoms with Gasteiger partial charge in [0.25, 0.3) is 0 Å². The minimum absolute atomic E-state index is 0.147. The van der Waals surface area contributed by atoms with E-state index in [9.17, 15) is 34.2 Å². The Morgan fingerprint density at radius 3 is 1.94 bits per heavy atom. The lowest BCUT2D eigenvalue weighted by Gasteiger charge is -2.24. The summed E-state index contributed by atoms with van der Waals surface area (Å²) in [6, 6.07) is -5.21. The molecule has 0 spiro atoms. The van der Waals surface area contributed by atoms with Crippen LogP contribution in [0.3, 0.4) is 0 Å². The molecule has 0 rings (SSSR count). The van der Waals surface area contributed by atoms with Crippen LogP contribution in [0.5, 0.6) is 0 Å². The molecule has 0 saturated carbocycles. The van der Waals surface area contributed by atoms with Crippen molar-refractivity contribution in [3.8, 4) is 0 Å². The highest BCUT2D eigenvalue weighted by molar-refractivity contribution is 7.98. The molecular weight excluding hydrogens is 446 g/mol. The van der Waals surface area contributed by atoms with E-state index in [-0.39, 0.29) is 12.8 Å². The van der Waals surface area contributed by atoms with Gasteiger partial charge in [0.2, 0.25) is 17.7 Å². The lowest BCUT2D eigenvalue weighted by atomic mass is 10.1. The second-order valence-electron chi connectivity index (χ2n) is 6.97. The van der Waals surface area contributed by atoms with Gasteiger partial charge in [-0.05, 0) is 44.2 Å². The minimum atomic E-state index is -1.49. The van der Waals surface area contributed by atoms with Crippen LogP contribution >= 0.6 is 11.8 Å². The summed E-state index contributed by atoms with van der Waals surface area (Å²) in [7, 11) is 0. The van der Waals surface area contributed by atoms with E-state index in [0.717, 1.165) is 0 Å². The average Bonchev–Trinajstić information content (AvgIpc) is 2.72. The molecule has 184 valence electrons. The zero-order valence-corrected chi connectivity index (χ0v) is 18.7. The Bertz CT molecular complexity index is 651. The van der Waals surface area contributed by atoms with Gasteiger partial charge in [-0.25, -0.2) is 4.79 Å². The average molecular weight is 480 g/mol. The lowest BCUT2D eigenvalue weighted by molar-refractivity contribution is -0.142. The van der Waals surface area contributed by atoms with Crippen molar-refractivity contribution in [2.24, 2.45) is 11.5 Å². The van der Waals surface area contributed by atoms with Gasteiger partial charge in [0, 0.05) is 0 Å². The van der Waals surface area contributed by atoms with Crippen molar-refractivity contribution in [2.45, 2.75) is 56.3 Å². The van der Waals surface area contributed by atoms with Crippen molar-refractivity contribution in [1.82, 2.24) is 16.0 Å². The first-order valence-electron chi connectivity index (χ1n) is 9.98. The Morgan fingerprint density at radius 1 is 0.875 bits per heavy atom. The predicted molar refractivity (Wildman–Crippen MR) is 117 cm³/mol. The summed E-state index contributed by atoms with van der Waals surface area (Å²) in [6.45, 7) is -0.482. The molecule has 4 unspecified atom stereocenters. The highest BCUT2D eigenvalue weighted by Gasteiger charge is 2.30. The van der Waals surface area contributed by atoms with Gasteiger partial charge in [-0.3, -0.25) is 19.2 Å². The molecule has 0 aromatic rings. The molecule has 0 aliphatic rings. The number of carbonyl (C=O) groups excluding carboxylic acids is 3. The molecule has 0 bridgehead atoms. The second-order valence-corrected chi connectivity index (χ2v) is 7.96. The molecule has 0 radical (unpaired) electrons. The number of nitrogens with two attached hydrogens (primary N) is 2. The zero-order chi connectivity index (χ0) is 24.7. The molecule has 14 heteroatoms. The Balaban J connectivity index is 5.24. The molecule has 3 amide bonds. The smallest absolute Gasteiger partial charge is 0.326 e. The van der Waals surface area contributed by atoms with Crippen LogP contribution in [0, 0.1) is 0 Å². The molecule has 0 fully saturated rings. The van der Waals surface area contributed by atoms with Crippen LogP contribution in [0.2, 0.25) is 0 Å². The van der Waals surface area contributed by atoms with Crippen molar-refractivity contribution >= 4 is 41.4 Å². The number of carboxylic acid groups (broad SMARTS) is 2. The van der Waals surface area contributed by atoms with E-state index < -0.39 is 66.9 Å². The standard InChI is InChI=1S/C18H33N5O8S/c1-32-7-5-12(18(30)31)22-16(28)11(4-2-3-6-19)21-17(29)13(9-24)23-15(27)10(20)8-14(25)26/h10-13,24H,2-9,19-20H2,1H3,(H,21,29)(H,22,28)(H,23,27)(H,25,26)(H,30,31). The van der Waals surface area contributed by atoms with Gasteiger partial charge in [0.15, 0.2) is 0 Å². The summed E-state index contributed by atoms with van der Waals surface area (Å²) in [6.07, 6.45) is 2.46.